The van der Waals surface area contributed by atoms with Gasteiger partial charge >= 0.3 is 6.18 Å². The summed E-state index contributed by atoms with van der Waals surface area (Å²) in [5, 5.41) is 2.58. The largest absolute Gasteiger partial charge is 0.417 e. The van der Waals surface area contributed by atoms with Crippen molar-refractivity contribution in [2.45, 2.75) is 37.9 Å². The first kappa shape index (κ1) is 15.4. The molecule has 0 saturated carbocycles. The maximum atomic E-state index is 12.4. The van der Waals surface area contributed by atoms with Gasteiger partial charge < -0.3 is 5.32 Å². The Morgan fingerprint density at radius 3 is 2.28 bits per heavy atom. The molecule has 0 aliphatic rings. The third kappa shape index (κ3) is 3.65. The molecule has 1 N–H and O–H groups in total. The second-order valence-corrected chi connectivity index (χ2v) is 5.58. The van der Waals surface area contributed by atoms with Gasteiger partial charge in [0, 0.05) is 11.7 Å². The molecular weight excluding hydrogens is 288 g/mol. The van der Waals surface area contributed by atoms with E-state index < -0.39 is 17.3 Å². The first-order valence-corrected chi connectivity index (χ1v) is 6.00. The summed E-state index contributed by atoms with van der Waals surface area (Å²) in [4.78, 5) is 3.69. The number of nitrogens with one attached hydrogen (secondary N) is 1. The van der Waals surface area contributed by atoms with Crippen LogP contribution in [-0.2, 0) is 6.18 Å². The molecule has 0 spiro atoms. The molecule has 0 aromatic carbocycles. The number of hydrogen-bond acceptors (Lipinski definition) is 2. The maximum absolute atomic E-state index is 12.4. The van der Waals surface area contributed by atoms with Crippen LogP contribution in [0.3, 0.4) is 0 Å². The number of hydrogen-bond donors (Lipinski definition) is 1. The van der Waals surface area contributed by atoms with E-state index in [0.717, 1.165) is 12.3 Å². The Kier molecular flexibility index (Phi) is 4.38. The van der Waals surface area contributed by atoms with Crippen LogP contribution < -0.4 is 5.32 Å². The van der Waals surface area contributed by atoms with Crippen LogP contribution in [0, 0.1) is 0 Å². The summed E-state index contributed by atoms with van der Waals surface area (Å²) in [5.74, 6) is 0.183. The third-order valence-electron chi connectivity index (χ3n) is 2.60. The summed E-state index contributed by atoms with van der Waals surface area (Å²) < 4.78 is 37.3. The number of aromatic nitrogens is 1. The lowest BCUT2D eigenvalue weighted by Crippen LogP contribution is -2.39. The van der Waals surface area contributed by atoms with E-state index in [1.807, 2.05) is 0 Å². The lowest BCUT2D eigenvalue weighted by atomic mass is 10.0. The van der Waals surface area contributed by atoms with Crippen LogP contribution >= 0.6 is 23.2 Å². The number of alkyl halides is 4. The zero-order valence-electron chi connectivity index (χ0n) is 10.1. The average molecular weight is 301 g/mol. The highest BCUT2D eigenvalue weighted by Crippen LogP contribution is 2.33. The molecule has 18 heavy (non-hydrogen) atoms. The molecule has 0 aliphatic carbocycles. The van der Waals surface area contributed by atoms with Crippen molar-refractivity contribution in [3.05, 3.63) is 22.8 Å². The maximum Gasteiger partial charge on any atom is 0.417 e. The van der Waals surface area contributed by atoms with Crippen molar-refractivity contribution in [3.63, 3.8) is 0 Å². The molecule has 102 valence electrons. The number of nitrogens with zero attached hydrogens (tertiary/aromatic N) is 1. The number of rotatable bonds is 3. The van der Waals surface area contributed by atoms with Crippen LogP contribution in [0.5, 0.6) is 0 Å². The summed E-state index contributed by atoms with van der Waals surface area (Å²) in [6.45, 7) is 5.38. The van der Waals surface area contributed by atoms with E-state index in [0.29, 0.717) is 0 Å². The van der Waals surface area contributed by atoms with Crippen LogP contribution in [0.1, 0.15) is 26.3 Å². The molecule has 0 saturated heterocycles. The quantitative estimate of drug-likeness (QED) is 0.827. The fourth-order valence-electron chi connectivity index (χ4n) is 1.09. The van der Waals surface area contributed by atoms with E-state index in [9.17, 15) is 13.2 Å². The van der Waals surface area contributed by atoms with Gasteiger partial charge in [-0.05, 0) is 26.8 Å². The lowest BCUT2D eigenvalue weighted by Gasteiger charge is -2.30. The van der Waals surface area contributed by atoms with Gasteiger partial charge in [0.15, 0.2) is 0 Å². The molecule has 0 fully saturated rings. The monoisotopic (exact) mass is 300 g/mol. The van der Waals surface area contributed by atoms with Crippen molar-refractivity contribution in [1.29, 1.82) is 0 Å². The predicted octanol–water partition coefficient (Wildman–Crippen LogP) is 4.57. The first-order chi connectivity index (χ1) is 8.04. The van der Waals surface area contributed by atoms with E-state index in [-0.39, 0.29) is 16.2 Å². The highest BCUT2D eigenvalue weighted by molar-refractivity contribution is 6.33. The highest BCUT2D eigenvalue weighted by atomic mass is 35.5. The molecule has 1 atom stereocenters. The van der Waals surface area contributed by atoms with Crippen LogP contribution in [0.2, 0.25) is 5.02 Å². The first-order valence-electron chi connectivity index (χ1n) is 5.19. The van der Waals surface area contributed by atoms with Gasteiger partial charge in [-0.15, -0.1) is 11.6 Å². The topological polar surface area (TPSA) is 24.9 Å². The van der Waals surface area contributed by atoms with E-state index in [1.165, 1.54) is 0 Å². The Balaban J connectivity index is 3.01. The van der Waals surface area contributed by atoms with E-state index in [4.69, 9.17) is 23.2 Å². The smallest absolute Gasteiger partial charge is 0.362 e. The van der Waals surface area contributed by atoms with E-state index in [1.54, 1.807) is 20.8 Å². The highest BCUT2D eigenvalue weighted by Gasteiger charge is 2.32. The predicted molar refractivity (Wildman–Crippen MR) is 67.3 cm³/mol. The lowest BCUT2D eigenvalue weighted by molar-refractivity contribution is -0.137. The second kappa shape index (κ2) is 5.13. The number of pyridine rings is 1. The molecule has 0 bridgehead atoms. The van der Waals surface area contributed by atoms with Gasteiger partial charge in [0.25, 0.3) is 0 Å². The molecule has 1 rings (SSSR count). The van der Waals surface area contributed by atoms with Crippen LogP contribution in [0.25, 0.3) is 0 Å². The van der Waals surface area contributed by atoms with Crippen LogP contribution in [0.4, 0.5) is 19.0 Å². The third-order valence-corrected chi connectivity index (χ3v) is 3.44. The van der Waals surface area contributed by atoms with Gasteiger partial charge in [0.1, 0.15) is 5.82 Å². The van der Waals surface area contributed by atoms with Crippen molar-refractivity contribution in [2.24, 2.45) is 0 Å². The Labute approximate surface area is 113 Å². The minimum absolute atomic E-state index is 0.0878. The summed E-state index contributed by atoms with van der Waals surface area (Å²) in [6.07, 6.45) is -3.71. The van der Waals surface area contributed by atoms with Crippen molar-refractivity contribution in [3.8, 4) is 0 Å². The van der Waals surface area contributed by atoms with Crippen LogP contribution in [-0.4, -0.2) is 15.9 Å². The fraction of sp³-hybridized carbons (Fsp3) is 0.545. The van der Waals surface area contributed by atoms with Crippen molar-refractivity contribution in [2.75, 3.05) is 5.32 Å². The summed E-state index contributed by atoms with van der Waals surface area (Å²) >= 11 is 11.7. The summed E-state index contributed by atoms with van der Waals surface area (Å²) in [5.41, 5.74) is -1.42. The van der Waals surface area contributed by atoms with Gasteiger partial charge in [-0.3, -0.25) is 0 Å². The van der Waals surface area contributed by atoms with Gasteiger partial charge in [0.2, 0.25) is 0 Å². The second-order valence-electron chi connectivity index (χ2n) is 4.51. The Bertz CT molecular complexity index is 431. The van der Waals surface area contributed by atoms with Crippen molar-refractivity contribution < 1.29 is 13.2 Å². The molecule has 1 heterocycles. The fourth-order valence-corrected chi connectivity index (χ4v) is 1.36. The normalized spacial score (nSPS) is 14.4. The minimum Gasteiger partial charge on any atom is -0.362 e. The van der Waals surface area contributed by atoms with Gasteiger partial charge in [-0.1, -0.05) is 11.6 Å². The molecule has 0 aliphatic heterocycles. The summed E-state index contributed by atoms with van der Waals surface area (Å²) in [6, 6.07) is 0.839. The van der Waals surface area contributed by atoms with Crippen LogP contribution in [0.15, 0.2) is 12.3 Å². The Morgan fingerprint density at radius 1 is 1.33 bits per heavy atom. The molecule has 0 amide bonds. The van der Waals surface area contributed by atoms with Gasteiger partial charge in [0.05, 0.1) is 16.0 Å². The Hall–Kier alpha value is -0.680. The molecule has 1 aromatic rings. The minimum atomic E-state index is -4.45. The van der Waals surface area contributed by atoms with E-state index in [2.05, 4.69) is 10.3 Å². The molecule has 1 aromatic heterocycles. The summed E-state index contributed by atoms with van der Waals surface area (Å²) in [7, 11) is 0. The SMILES string of the molecule is CC(Cl)C(C)(C)Nc1ncc(C(F)(F)F)cc1Cl. The van der Waals surface area contributed by atoms with Crippen molar-refractivity contribution in [1.82, 2.24) is 4.98 Å². The molecule has 0 radical (unpaired) electrons. The Morgan fingerprint density at radius 2 is 1.89 bits per heavy atom. The number of halogens is 5. The average Bonchev–Trinajstić information content (AvgIpc) is 2.19. The van der Waals surface area contributed by atoms with E-state index >= 15 is 0 Å². The standard InChI is InChI=1S/C11H13Cl2F3N2/c1-6(12)10(2,3)18-9-8(13)4-7(5-17-9)11(14,15)16/h4-6H,1-3H3,(H,17,18). The van der Waals surface area contributed by atoms with Gasteiger partial charge in [-0.2, -0.15) is 13.2 Å². The molecular formula is C11H13Cl2F3N2. The molecule has 1 unspecified atom stereocenters. The number of anilines is 1. The van der Waals surface area contributed by atoms with Gasteiger partial charge in [-0.25, -0.2) is 4.98 Å². The zero-order valence-corrected chi connectivity index (χ0v) is 11.6. The molecule has 2 nitrogen and oxygen atoms in total. The zero-order chi connectivity index (χ0) is 14.1. The van der Waals surface area contributed by atoms with Crippen molar-refractivity contribution >= 4 is 29.0 Å². The molecule has 7 heteroatoms.